The van der Waals surface area contributed by atoms with Crippen LogP contribution < -0.4 is 4.74 Å². The fourth-order valence-corrected chi connectivity index (χ4v) is 4.82. The van der Waals surface area contributed by atoms with Crippen LogP contribution in [-0.2, 0) is 6.18 Å². The summed E-state index contributed by atoms with van der Waals surface area (Å²) in [4.78, 5) is 9.37. The van der Waals surface area contributed by atoms with Gasteiger partial charge in [-0.15, -0.1) is 11.8 Å². The van der Waals surface area contributed by atoms with Crippen LogP contribution in [0.4, 0.5) is 22.0 Å². The maximum absolute atomic E-state index is 13.5. The lowest BCUT2D eigenvalue weighted by Gasteiger charge is -2.14. The van der Waals surface area contributed by atoms with Crippen LogP contribution in [0.15, 0.2) is 82.2 Å². The molecule has 0 unspecified atom stereocenters. The Morgan fingerprint density at radius 2 is 1.60 bits per heavy atom. The lowest BCUT2D eigenvalue weighted by atomic mass is 9.98. The van der Waals surface area contributed by atoms with Gasteiger partial charge in [0.25, 0.3) is 0 Å². The minimum Gasteiger partial charge on any atom is -0.440 e. The standard InChI is InChI=1S/C29H22F5N3O2S/c1-16-35-25(29(32,33)34)15-37(16)24-12-9-20(19-5-4-6-22(13-19)40-3)14-23(24)26-27(38-17(2)36-26)18-7-10-21(11-8-18)39-28(30)31/h4-15,28H,1-3H3. The molecule has 0 amide bonds. The van der Waals surface area contributed by atoms with Crippen LogP contribution in [0.1, 0.15) is 17.4 Å². The first-order valence-corrected chi connectivity index (χ1v) is 13.2. The number of rotatable bonds is 7. The Bertz CT molecular complexity index is 1660. The SMILES string of the molecule is CSc1cccc(-c2ccc(-n3cc(C(F)(F)F)nc3C)c(-c3nc(C)oc3-c3ccc(OC(F)F)cc3)c2)c1. The summed E-state index contributed by atoms with van der Waals surface area (Å²) in [5.41, 5.74) is 2.53. The summed E-state index contributed by atoms with van der Waals surface area (Å²) in [5.74, 6) is 0.755. The lowest BCUT2D eigenvalue weighted by molar-refractivity contribution is -0.141. The largest absolute Gasteiger partial charge is 0.440 e. The zero-order valence-electron chi connectivity index (χ0n) is 21.5. The number of halogens is 5. The zero-order valence-corrected chi connectivity index (χ0v) is 22.3. The Morgan fingerprint density at radius 3 is 2.25 bits per heavy atom. The molecule has 0 aliphatic heterocycles. The quantitative estimate of drug-likeness (QED) is 0.144. The molecule has 0 radical (unpaired) electrons. The summed E-state index contributed by atoms with van der Waals surface area (Å²) < 4.78 is 77.6. The first-order valence-electron chi connectivity index (χ1n) is 12.0. The number of oxazole rings is 1. The average molecular weight is 572 g/mol. The Kier molecular flexibility index (Phi) is 7.41. The molecule has 0 atom stereocenters. The Balaban J connectivity index is 1.71. The molecule has 0 fully saturated rings. The normalized spacial score (nSPS) is 11.8. The van der Waals surface area contributed by atoms with Crippen molar-refractivity contribution < 1.29 is 31.1 Å². The van der Waals surface area contributed by atoms with Gasteiger partial charge in [-0.25, -0.2) is 9.97 Å². The van der Waals surface area contributed by atoms with E-state index >= 15 is 0 Å². The lowest BCUT2D eigenvalue weighted by Crippen LogP contribution is -2.05. The molecule has 0 aliphatic rings. The minimum absolute atomic E-state index is 0.0263. The van der Waals surface area contributed by atoms with Crippen LogP contribution in [0.5, 0.6) is 5.75 Å². The van der Waals surface area contributed by atoms with E-state index in [9.17, 15) is 22.0 Å². The van der Waals surface area contributed by atoms with E-state index in [0.29, 0.717) is 34.2 Å². The van der Waals surface area contributed by atoms with Gasteiger partial charge in [-0.2, -0.15) is 22.0 Å². The molecule has 0 spiro atoms. The van der Waals surface area contributed by atoms with E-state index in [-0.39, 0.29) is 11.6 Å². The molecule has 5 aromatic rings. The topological polar surface area (TPSA) is 53.1 Å². The van der Waals surface area contributed by atoms with Crippen LogP contribution in [0.3, 0.4) is 0 Å². The molecule has 5 rings (SSSR count). The Hall–Kier alpha value is -4.12. The van der Waals surface area contributed by atoms with Gasteiger partial charge in [0.1, 0.15) is 17.3 Å². The highest BCUT2D eigenvalue weighted by Gasteiger charge is 2.35. The van der Waals surface area contributed by atoms with E-state index < -0.39 is 18.5 Å². The predicted octanol–water partition coefficient (Wildman–Crippen LogP) is 8.82. The molecule has 0 bridgehead atoms. The predicted molar refractivity (Wildman–Crippen MR) is 143 cm³/mol. The van der Waals surface area contributed by atoms with Crippen LogP contribution in [0.25, 0.3) is 39.4 Å². The van der Waals surface area contributed by atoms with E-state index in [1.807, 2.05) is 42.7 Å². The van der Waals surface area contributed by atoms with Crippen molar-refractivity contribution >= 4 is 11.8 Å². The summed E-state index contributed by atoms with van der Waals surface area (Å²) in [6.07, 6.45) is -1.70. The van der Waals surface area contributed by atoms with Crippen LogP contribution in [-0.4, -0.2) is 27.4 Å². The van der Waals surface area contributed by atoms with E-state index in [0.717, 1.165) is 22.2 Å². The van der Waals surface area contributed by atoms with Crippen molar-refractivity contribution in [2.75, 3.05) is 6.26 Å². The van der Waals surface area contributed by atoms with Crippen molar-refractivity contribution in [3.63, 3.8) is 0 Å². The fourth-order valence-electron chi connectivity index (χ4n) is 4.36. The number of thioether (sulfide) groups is 1. The number of aryl methyl sites for hydroxylation is 2. The molecule has 11 heteroatoms. The van der Waals surface area contributed by atoms with Gasteiger partial charge in [-0.05, 0) is 72.8 Å². The number of alkyl halides is 5. The summed E-state index contributed by atoms with van der Waals surface area (Å²) in [7, 11) is 0. The third-order valence-corrected chi connectivity index (χ3v) is 6.89. The molecule has 0 saturated heterocycles. The molecule has 2 aromatic heterocycles. The molecule has 0 N–H and O–H groups in total. The van der Waals surface area contributed by atoms with Crippen molar-refractivity contribution in [1.29, 1.82) is 0 Å². The summed E-state index contributed by atoms with van der Waals surface area (Å²) >= 11 is 1.59. The average Bonchev–Trinajstić information content (AvgIpc) is 3.51. The third-order valence-electron chi connectivity index (χ3n) is 6.16. The minimum atomic E-state index is -4.62. The highest BCUT2D eigenvalue weighted by molar-refractivity contribution is 7.98. The number of nitrogens with zero attached hydrogens (tertiary/aromatic N) is 3. The maximum atomic E-state index is 13.5. The Labute approximate surface area is 230 Å². The first kappa shape index (κ1) is 27.4. The molecular formula is C29H22F5N3O2S. The van der Waals surface area contributed by atoms with Crippen LogP contribution in [0, 0.1) is 13.8 Å². The highest BCUT2D eigenvalue weighted by atomic mass is 32.2. The second-order valence-corrected chi connectivity index (χ2v) is 9.70. The molecule has 5 nitrogen and oxygen atoms in total. The fraction of sp³-hybridized carbons (Fsp3) is 0.172. The van der Waals surface area contributed by atoms with E-state index in [2.05, 4.69) is 14.7 Å². The molecule has 206 valence electrons. The third kappa shape index (κ3) is 5.60. The van der Waals surface area contributed by atoms with Gasteiger partial charge in [-0.1, -0.05) is 18.2 Å². The highest BCUT2D eigenvalue weighted by Crippen LogP contribution is 2.40. The van der Waals surface area contributed by atoms with Crippen LogP contribution in [0.2, 0.25) is 0 Å². The van der Waals surface area contributed by atoms with Gasteiger partial charge < -0.3 is 13.7 Å². The van der Waals surface area contributed by atoms with E-state index in [1.165, 1.54) is 23.6 Å². The van der Waals surface area contributed by atoms with Crippen molar-refractivity contribution in [2.45, 2.75) is 31.5 Å². The first-order chi connectivity index (χ1) is 19.0. The number of imidazole rings is 1. The van der Waals surface area contributed by atoms with Gasteiger partial charge >= 0.3 is 12.8 Å². The van der Waals surface area contributed by atoms with Gasteiger partial charge in [-0.3, -0.25) is 0 Å². The number of aromatic nitrogens is 3. The number of ether oxygens (including phenoxy) is 1. The van der Waals surface area contributed by atoms with Crippen LogP contribution >= 0.6 is 11.8 Å². The van der Waals surface area contributed by atoms with Gasteiger partial charge in [0.05, 0.1) is 5.69 Å². The number of benzene rings is 3. The summed E-state index contributed by atoms with van der Waals surface area (Å²) in [6, 6.07) is 19.1. The summed E-state index contributed by atoms with van der Waals surface area (Å²) in [6.45, 7) is 0.173. The van der Waals surface area contributed by atoms with Gasteiger partial charge in [0.2, 0.25) is 0 Å². The van der Waals surface area contributed by atoms with Gasteiger partial charge in [0.15, 0.2) is 17.3 Å². The van der Waals surface area contributed by atoms with Crippen molar-refractivity contribution in [3.8, 4) is 45.1 Å². The second kappa shape index (κ2) is 10.8. The second-order valence-electron chi connectivity index (χ2n) is 8.82. The molecular weight excluding hydrogens is 549 g/mol. The molecule has 0 aliphatic carbocycles. The molecule has 2 heterocycles. The van der Waals surface area contributed by atoms with Gasteiger partial charge in [0, 0.05) is 29.1 Å². The maximum Gasteiger partial charge on any atom is 0.434 e. The molecule has 0 saturated carbocycles. The molecule has 3 aromatic carbocycles. The Morgan fingerprint density at radius 1 is 0.900 bits per heavy atom. The van der Waals surface area contributed by atoms with E-state index in [4.69, 9.17) is 4.42 Å². The van der Waals surface area contributed by atoms with E-state index in [1.54, 1.807) is 36.9 Å². The zero-order chi connectivity index (χ0) is 28.6. The van der Waals surface area contributed by atoms with Crippen molar-refractivity contribution in [2.24, 2.45) is 0 Å². The summed E-state index contributed by atoms with van der Waals surface area (Å²) in [5, 5.41) is 0. The van der Waals surface area contributed by atoms with Crippen molar-refractivity contribution in [1.82, 2.24) is 14.5 Å². The molecule has 40 heavy (non-hydrogen) atoms. The number of hydrogen-bond donors (Lipinski definition) is 0. The van der Waals surface area contributed by atoms with Crippen molar-refractivity contribution in [3.05, 3.63) is 90.3 Å². The number of hydrogen-bond acceptors (Lipinski definition) is 5. The monoisotopic (exact) mass is 571 g/mol. The smallest absolute Gasteiger partial charge is 0.434 e.